The van der Waals surface area contributed by atoms with Crippen molar-refractivity contribution < 1.29 is 9.63 Å². The van der Waals surface area contributed by atoms with E-state index in [4.69, 9.17) is 4.52 Å². The number of nitrogens with one attached hydrogen (secondary N) is 1. The number of rotatable bonds is 4. The Morgan fingerprint density at radius 2 is 2.22 bits per heavy atom. The molecular formula is C12H19N3O2S. The van der Waals surface area contributed by atoms with Crippen LogP contribution in [0.25, 0.3) is 0 Å². The zero-order chi connectivity index (χ0) is 12.4. The second kappa shape index (κ2) is 5.59. The maximum atomic E-state index is 9.46. The van der Waals surface area contributed by atoms with Crippen LogP contribution in [0.4, 0.5) is 0 Å². The Balaban J connectivity index is 1.52. The summed E-state index contributed by atoms with van der Waals surface area (Å²) in [5.41, 5.74) is 0. The maximum Gasteiger partial charge on any atom is 0.243 e. The molecule has 0 amide bonds. The molecule has 5 nitrogen and oxygen atoms in total. The van der Waals surface area contributed by atoms with Gasteiger partial charge >= 0.3 is 0 Å². The van der Waals surface area contributed by atoms with E-state index in [-0.39, 0.29) is 12.1 Å². The molecule has 3 rings (SSSR count). The number of hydrogen-bond donors (Lipinski definition) is 2. The monoisotopic (exact) mass is 269 g/mol. The molecule has 100 valence electrons. The fraction of sp³-hybridized carbons (Fsp3) is 0.833. The lowest BCUT2D eigenvalue weighted by atomic mass is 10.2. The van der Waals surface area contributed by atoms with Crippen LogP contribution in [0, 0.1) is 0 Å². The molecule has 2 heterocycles. The Morgan fingerprint density at radius 1 is 1.39 bits per heavy atom. The van der Waals surface area contributed by atoms with E-state index in [2.05, 4.69) is 15.5 Å². The smallest absolute Gasteiger partial charge is 0.243 e. The highest BCUT2D eigenvalue weighted by Gasteiger charge is 2.28. The van der Waals surface area contributed by atoms with Crippen molar-refractivity contribution in [2.75, 3.05) is 6.54 Å². The predicted molar refractivity (Wildman–Crippen MR) is 69.2 cm³/mol. The Bertz CT molecular complexity index is 392. The SMILES string of the molecule is OC1CN[C@H](c2nc(CSC3CCCC3)no2)C1. The quantitative estimate of drug-likeness (QED) is 0.866. The van der Waals surface area contributed by atoms with Gasteiger partial charge in [-0.15, -0.1) is 0 Å². The van der Waals surface area contributed by atoms with E-state index in [1.165, 1.54) is 25.7 Å². The summed E-state index contributed by atoms with van der Waals surface area (Å²) in [5, 5.41) is 17.4. The molecule has 1 aromatic rings. The van der Waals surface area contributed by atoms with Gasteiger partial charge in [0.15, 0.2) is 5.82 Å². The van der Waals surface area contributed by atoms with Gasteiger partial charge in [-0.05, 0) is 19.3 Å². The second-order valence-electron chi connectivity index (χ2n) is 5.12. The van der Waals surface area contributed by atoms with E-state index in [9.17, 15) is 5.11 Å². The lowest BCUT2D eigenvalue weighted by molar-refractivity contribution is 0.191. The minimum absolute atomic E-state index is 0.0257. The van der Waals surface area contributed by atoms with Gasteiger partial charge in [-0.2, -0.15) is 16.7 Å². The van der Waals surface area contributed by atoms with E-state index in [1.54, 1.807) is 0 Å². The summed E-state index contributed by atoms with van der Waals surface area (Å²) >= 11 is 1.94. The van der Waals surface area contributed by atoms with Crippen LogP contribution in [0.15, 0.2) is 4.52 Å². The Labute approximate surface area is 111 Å². The molecule has 0 bridgehead atoms. The number of aromatic nitrogens is 2. The molecule has 2 aliphatic rings. The van der Waals surface area contributed by atoms with Gasteiger partial charge in [0.25, 0.3) is 0 Å². The first-order valence-corrected chi connectivity index (χ1v) is 7.71. The van der Waals surface area contributed by atoms with Crippen molar-refractivity contribution in [3.8, 4) is 0 Å². The fourth-order valence-corrected chi connectivity index (χ4v) is 3.79. The van der Waals surface area contributed by atoms with Crippen molar-refractivity contribution >= 4 is 11.8 Å². The molecule has 0 spiro atoms. The topological polar surface area (TPSA) is 71.2 Å². The molecule has 1 saturated carbocycles. The van der Waals surface area contributed by atoms with Crippen molar-refractivity contribution in [3.05, 3.63) is 11.7 Å². The average Bonchev–Trinajstić information content (AvgIpc) is 3.07. The average molecular weight is 269 g/mol. The van der Waals surface area contributed by atoms with Crippen LogP contribution in [0.2, 0.25) is 0 Å². The first-order valence-electron chi connectivity index (χ1n) is 6.67. The summed E-state index contributed by atoms with van der Waals surface area (Å²) in [5.74, 6) is 2.24. The highest BCUT2D eigenvalue weighted by Crippen LogP contribution is 2.31. The lowest BCUT2D eigenvalue weighted by Crippen LogP contribution is -2.15. The summed E-state index contributed by atoms with van der Waals surface area (Å²) < 4.78 is 5.26. The number of aliphatic hydroxyl groups excluding tert-OH is 1. The third kappa shape index (κ3) is 2.87. The van der Waals surface area contributed by atoms with Crippen LogP contribution < -0.4 is 5.32 Å². The summed E-state index contributed by atoms with van der Waals surface area (Å²) in [6, 6.07) is 0.0257. The van der Waals surface area contributed by atoms with Crippen molar-refractivity contribution in [2.45, 2.75) is 55.3 Å². The van der Waals surface area contributed by atoms with Crippen molar-refractivity contribution in [1.29, 1.82) is 0 Å². The minimum atomic E-state index is -0.293. The summed E-state index contributed by atoms with van der Waals surface area (Å²) in [4.78, 5) is 4.42. The number of hydrogen-bond acceptors (Lipinski definition) is 6. The number of aliphatic hydroxyl groups is 1. The molecule has 2 fully saturated rings. The highest BCUT2D eigenvalue weighted by molar-refractivity contribution is 7.99. The van der Waals surface area contributed by atoms with Gasteiger partial charge in [0, 0.05) is 11.8 Å². The predicted octanol–water partition coefficient (Wildman–Crippen LogP) is 1.64. The molecule has 0 radical (unpaired) electrons. The molecular weight excluding hydrogens is 250 g/mol. The van der Waals surface area contributed by atoms with Crippen molar-refractivity contribution in [2.24, 2.45) is 0 Å². The van der Waals surface area contributed by atoms with Crippen molar-refractivity contribution in [1.82, 2.24) is 15.5 Å². The second-order valence-corrected chi connectivity index (χ2v) is 6.41. The van der Waals surface area contributed by atoms with Gasteiger partial charge in [0.1, 0.15) is 0 Å². The van der Waals surface area contributed by atoms with Crippen LogP contribution in [0.5, 0.6) is 0 Å². The normalized spacial score (nSPS) is 29.2. The van der Waals surface area contributed by atoms with E-state index in [0.717, 1.165) is 16.8 Å². The number of nitrogens with zero attached hydrogens (tertiary/aromatic N) is 2. The van der Waals surface area contributed by atoms with Crippen molar-refractivity contribution in [3.63, 3.8) is 0 Å². The van der Waals surface area contributed by atoms with Gasteiger partial charge in [-0.3, -0.25) is 0 Å². The maximum absolute atomic E-state index is 9.46. The zero-order valence-electron chi connectivity index (χ0n) is 10.3. The third-order valence-corrected chi connectivity index (χ3v) is 5.01. The first-order chi connectivity index (χ1) is 8.81. The van der Waals surface area contributed by atoms with Crippen LogP contribution >= 0.6 is 11.8 Å². The van der Waals surface area contributed by atoms with Crippen LogP contribution in [-0.2, 0) is 5.75 Å². The van der Waals surface area contributed by atoms with Gasteiger partial charge in [0.05, 0.1) is 17.9 Å². The first kappa shape index (κ1) is 12.4. The molecule has 0 aromatic carbocycles. The van der Waals surface area contributed by atoms with Crippen LogP contribution in [0.3, 0.4) is 0 Å². The molecule has 1 aliphatic heterocycles. The fourth-order valence-electron chi connectivity index (χ4n) is 2.62. The Morgan fingerprint density at radius 3 is 2.94 bits per heavy atom. The number of thioether (sulfide) groups is 1. The summed E-state index contributed by atoms with van der Waals surface area (Å²) in [7, 11) is 0. The molecule has 2 N–H and O–H groups in total. The lowest BCUT2D eigenvalue weighted by Gasteiger charge is -2.05. The summed E-state index contributed by atoms with van der Waals surface area (Å²) in [6.07, 6.45) is 5.74. The Kier molecular flexibility index (Phi) is 3.86. The summed E-state index contributed by atoms with van der Waals surface area (Å²) in [6.45, 7) is 0.610. The standard InChI is InChI=1S/C12H19N3O2S/c16-8-5-10(13-6-8)12-14-11(15-17-12)7-18-9-3-1-2-4-9/h8-10,13,16H,1-7H2/t8?,10-/m0/s1. The Hall–Kier alpha value is -0.590. The minimum Gasteiger partial charge on any atom is -0.392 e. The van der Waals surface area contributed by atoms with Crippen LogP contribution in [-0.4, -0.2) is 33.1 Å². The van der Waals surface area contributed by atoms with E-state index >= 15 is 0 Å². The molecule has 1 aromatic heterocycles. The molecule has 2 atom stereocenters. The van der Waals surface area contributed by atoms with Gasteiger partial charge in [-0.25, -0.2) is 0 Å². The largest absolute Gasteiger partial charge is 0.392 e. The third-order valence-electron chi connectivity index (χ3n) is 3.64. The molecule has 6 heteroatoms. The zero-order valence-corrected chi connectivity index (χ0v) is 11.2. The van der Waals surface area contributed by atoms with E-state index in [0.29, 0.717) is 18.9 Å². The molecule has 1 aliphatic carbocycles. The van der Waals surface area contributed by atoms with E-state index < -0.39 is 0 Å². The molecule has 1 saturated heterocycles. The van der Waals surface area contributed by atoms with Crippen LogP contribution in [0.1, 0.15) is 49.9 Å². The van der Waals surface area contributed by atoms with Gasteiger partial charge in [-0.1, -0.05) is 18.0 Å². The molecule has 1 unspecified atom stereocenters. The van der Waals surface area contributed by atoms with Gasteiger partial charge < -0.3 is 14.9 Å². The van der Waals surface area contributed by atoms with Gasteiger partial charge in [0.2, 0.25) is 5.89 Å². The molecule has 18 heavy (non-hydrogen) atoms. The number of β-amino-alcohol motifs (C(OH)–C–C–N with tert-alkyl or cyclic N) is 1. The van der Waals surface area contributed by atoms with E-state index in [1.807, 2.05) is 11.8 Å². The highest BCUT2D eigenvalue weighted by atomic mass is 32.2.